The Labute approximate surface area is 202 Å². The Morgan fingerprint density at radius 1 is 1.15 bits per heavy atom. The van der Waals surface area contributed by atoms with Crippen LogP contribution in [-0.2, 0) is 20.8 Å². The lowest BCUT2D eigenvalue weighted by Crippen LogP contribution is -2.44. The number of sulfone groups is 1. The molecule has 1 saturated heterocycles. The standard InChI is InChI=1S/C24H34FN3O4SSi/c1-24(2,3)34(4,5)32-14-6-7-21-18-28(17-19-8-10-20(25)11-9-19)23(29)22(26-21)27-12-15-33(30,31)16-13-27/h6-11,18H,12-17H2,1-5H3/b7-6+. The molecule has 0 unspecified atom stereocenters. The van der Waals surface area contributed by atoms with Gasteiger partial charge in [-0.1, -0.05) is 39.0 Å². The van der Waals surface area contributed by atoms with Gasteiger partial charge in [0.25, 0.3) is 5.56 Å². The van der Waals surface area contributed by atoms with Crippen molar-refractivity contribution in [2.75, 3.05) is 36.1 Å². The number of hydrogen-bond acceptors (Lipinski definition) is 6. The van der Waals surface area contributed by atoms with Gasteiger partial charge >= 0.3 is 0 Å². The molecule has 0 radical (unpaired) electrons. The van der Waals surface area contributed by atoms with Crippen LogP contribution in [-0.4, -0.2) is 57.5 Å². The van der Waals surface area contributed by atoms with E-state index in [1.54, 1.807) is 23.2 Å². The lowest BCUT2D eigenvalue weighted by Gasteiger charge is -2.35. The Morgan fingerprint density at radius 3 is 2.35 bits per heavy atom. The number of rotatable bonds is 7. The molecule has 1 aromatic heterocycles. The molecule has 34 heavy (non-hydrogen) atoms. The maximum absolute atomic E-state index is 13.3. The van der Waals surface area contributed by atoms with Gasteiger partial charge in [0.1, 0.15) is 5.82 Å². The normalized spacial score (nSPS) is 16.8. The van der Waals surface area contributed by atoms with Crippen LogP contribution in [0.4, 0.5) is 10.2 Å². The topological polar surface area (TPSA) is 81.5 Å². The van der Waals surface area contributed by atoms with Gasteiger partial charge in [-0.05, 0) is 41.9 Å². The van der Waals surface area contributed by atoms with E-state index in [2.05, 4.69) is 38.8 Å². The minimum absolute atomic E-state index is 0.00744. The molecular formula is C24H34FN3O4SSi. The number of benzene rings is 1. The molecule has 0 atom stereocenters. The fourth-order valence-corrected chi connectivity index (χ4v) is 5.45. The summed E-state index contributed by atoms with van der Waals surface area (Å²) in [4.78, 5) is 19.5. The van der Waals surface area contributed by atoms with E-state index in [1.807, 2.05) is 12.2 Å². The first kappa shape index (κ1) is 26.3. The van der Waals surface area contributed by atoms with Crippen LogP contribution in [0.1, 0.15) is 32.0 Å². The summed E-state index contributed by atoms with van der Waals surface area (Å²) in [5, 5.41) is 0.100. The summed E-state index contributed by atoms with van der Waals surface area (Å²) in [5.74, 6) is -0.130. The van der Waals surface area contributed by atoms with E-state index in [1.165, 1.54) is 16.7 Å². The van der Waals surface area contributed by atoms with Crippen LogP contribution >= 0.6 is 0 Å². The van der Waals surface area contributed by atoms with Gasteiger partial charge in [-0.3, -0.25) is 4.79 Å². The predicted octanol–water partition coefficient (Wildman–Crippen LogP) is 3.70. The third-order valence-corrected chi connectivity index (χ3v) is 12.6. The first-order valence-electron chi connectivity index (χ1n) is 11.4. The maximum atomic E-state index is 13.3. The molecule has 3 rings (SSSR count). The lowest BCUT2D eigenvalue weighted by atomic mass is 10.2. The van der Waals surface area contributed by atoms with Crippen LogP contribution in [0, 0.1) is 5.82 Å². The van der Waals surface area contributed by atoms with Crippen molar-refractivity contribution in [3.63, 3.8) is 0 Å². The molecule has 0 aliphatic carbocycles. The molecule has 186 valence electrons. The second-order valence-corrected chi connectivity index (χ2v) is 17.3. The summed E-state index contributed by atoms with van der Waals surface area (Å²) in [6.07, 6.45) is 5.37. The Hall–Kier alpha value is -2.30. The molecule has 2 aromatic rings. The van der Waals surface area contributed by atoms with Gasteiger partial charge in [-0.2, -0.15) is 0 Å². The summed E-state index contributed by atoms with van der Waals surface area (Å²) in [7, 11) is -4.99. The zero-order chi connectivity index (χ0) is 25.1. The van der Waals surface area contributed by atoms with Gasteiger partial charge in [0.2, 0.25) is 0 Å². The molecule has 10 heteroatoms. The predicted molar refractivity (Wildman–Crippen MR) is 137 cm³/mol. The Morgan fingerprint density at radius 2 is 1.76 bits per heavy atom. The van der Waals surface area contributed by atoms with Crippen molar-refractivity contribution in [1.29, 1.82) is 0 Å². The van der Waals surface area contributed by atoms with E-state index < -0.39 is 18.2 Å². The monoisotopic (exact) mass is 507 g/mol. The van der Waals surface area contributed by atoms with Gasteiger partial charge in [-0.25, -0.2) is 17.8 Å². The summed E-state index contributed by atoms with van der Waals surface area (Å²) >= 11 is 0. The van der Waals surface area contributed by atoms with Crippen LogP contribution in [0.3, 0.4) is 0 Å². The molecule has 0 spiro atoms. The molecule has 2 heterocycles. The highest BCUT2D eigenvalue weighted by Gasteiger charge is 2.36. The molecule has 1 aliphatic heterocycles. The number of anilines is 1. The molecule has 0 N–H and O–H groups in total. The van der Waals surface area contributed by atoms with Crippen molar-refractivity contribution in [2.24, 2.45) is 0 Å². The fourth-order valence-electron chi connectivity index (χ4n) is 3.30. The van der Waals surface area contributed by atoms with E-state index in [9.17, 15) is 17.6 Å². The number of nitrogens with zero attached hydrogens (tertiary/aromatic N) is 3. The smallest absolute Gasteiger partial charge is 0.293 e. The van der Waals surface area contributed by atoms with Gasteiger partial charge in [0.05, 0.1) is 30.4 Å². The molecular weight excluding hydrogens is 473 g/mol. The SMILES string of the molecule is CC(C)(C)[Si](C)(C)OC/C=C/c1cn(Cc2ccc(F)cc2)c(=O)c(N2CCS(=O)(=O)CC2)n1. The Bertz CT molecular complexity index is 1190. The third-order valence-electron chi connectivity index (χ3n) is 6.52. The minimum atomic E-state index is -3.09. The second kappa shape index (κ2) is 10.1. The van der Waals surface area contributed by atoms with Crippen molar-refractivity contribution in [2.45, 2.75) is 45.4 Å². The Balaban J connectivity index is 1.89. The Kier molecular flexibility index (Phi) is 7.84. The van der Waals surface area contributed by atoms with Gasteiger partial charge < -0.3 is 13.9 Å². The van der Waals surface area contributed by atoms with E-state index in [0.717, 1.165) is 5.56 Å². The maximum Gasteiger partial charge on any atom is 0.293 e. The zero-order valence-electron chi connectivity index (χ0n) is 20.5. The summed E-state index contributed by atoms with van der Waals surface area (Å²) in [6.45, 7) is 12.1. The summed E-state index contributed by atoms with van der Waals surface area (Å²) in [5.41, 5.74) is 1.04. The molecule has 1 aromatic carbocycles. The van der Waals surface area contributed by atoms with Gasteiger partial charge in [-0.15, -0.1) is 0 Å². The van der Waals surface area contributed by atoms with Crippen molar-refractivity contribution < 1.29 is 17.2 Å². The average Bonchev–Trinajstić information content (AvgIpc) is 2.74. The van der Waals surface area contributed by atoms with E-state index >= 15 is 0 Å². The van der Waals surface area contributed by atoms with Crippen molar-refractivity contribution >= 4 is 30.0 Å². The quantitative estimate of drug-likeness (QED) is 0.532. The largest absolute Gasteiger partial charge is 0.413 e. The molecule has 0 bridgehead atoms. The average molecular weight is 508 g/mol. The van der Waals surface area contributed by atoms with Crippen LogP contribution in [0.2, 0.25) is 18.1 Å². The van der Waals surface area contributed by atoms with Crippen LogP contribution in [0.25, 0.3) is 6.08 Å². The molecule has 7 nitrogen and oxygen atoms in total. The molecule has 0 saturated carbocycles. The van der Waals surface area contributed by atoms with Crippen LogP contribution < -0.4 is 10.5 Å². The number of halogens is 1. The number of hydrogen-bond donors (Lipinski definition) is 0. The highest BCUT2D eigenvalue weighted by molar-refractivity contribution is 7.91. The van der Waals surface area contributed by atoms with Crippen LogP contribution in [0.15, 0.2) is 41.3 Å². The fraction of sp³-hybridized carbons (Fsp3) is 0.500. The highest BCUT2D eigenvalue weighted by atomic mass is 32.2. The van der Waals surface area contributed by atoms with Crippen molar-refractivity contribution in [1.82, 2.24) is 9.55 Å². The van der Waals surface area contributed by atoms with E-state index in [4.69, 9.17) is 4.43 Å². The van der Waals surface area contributed by atoms with E-state index in [-0.39, 0.29) is 53.4 Å². The minimum Gasteiger partial charge on any atom is -0.413 e. The van der Waals surface area contributed by atoms with Crippen molar-refractivity contribution in [3.05, 3.63) is 64.0 Å². The third kappa shape index (κ3) is 6.64. The van der Waals surface area contributed by atoms with Gasteiger partial charge in [0.15, 0.2) is 24.0 Å². The van der Waals surface area contributed by atoms with Crippen LogP contribution in [0.5, 0.6) is 0 Å². The molecule has 1 aliphatic rings. The highest BCUT2D eigenvalue weighted by Crippen LogP contribution is 2.36. The molecule has 0 amide bonds. The van der Waals surface area contributed by atoms with Crippen molar-refractivity contribution in [3.8, 4) is 0 Å². The van der Waals surface area contributed by atoms with Gasteiger partial charge in [0, 0.05) is 19.3 Å². The first-order chi connectivity index (χ1) is 15.8. The second-order valence-electron chi connectivity index (χ2n) is 10.2. The summed E-state index contributed by atoms with van der Waals surface area (Å²) < 4.78 is 44.8. The van der Waals surface area contributed by atoms with E-state index in [0.29, 0.717) is 12.3 Å². The number of aromatic nitrogens is 2. The lowest BCUT2D eigenvalue weighted by molar-refractivity contribution is 0.328. The first-order valence-corrected chi connectivity index (χ1v) is 16.1. The molecule has 1 fully saturated rings. The zero-order valence-corrected chi connectivity index (χ0v) is 22.4. The summed E-state index contributed by atoms with van der Waals surface area (Å²) in [6, 6.07) is 5.99.